The van der Waals surface area contributed by atoms with Gasteiger partial charge >= 0.3 is 0 Å². The van der Waals surface area contributed by atoms with Crippen LogP contribution in [0.4, 0.5) is 5.82 Å². The second kappa shape index (κ2) is 7.43. The number of ether oxygens (including phenoxy) is 1. The summed E-state index contributed by atoms with van der Waals surface area (Å²) in [5, 5.41) is 11.1. The lowest BCUT2D eigenvalue weighted by atomic mass is 10.1. The van der Waals surface area contributed by atoms with Crippen LogP contribution in [0.5, 0.6) is 5.75 Å². The van der Waals surface area contributed by atoms with E-state index in [4.69, 9.17) is 4.74 Å². The van der Waals surface area contributed by atoms with E-state index in [9.17, 15) is 4.79 Å². The van der Waals surface area contributed by atoms with Crippen LogP contribution in [0.25, 0.3) is 22.2 Å². The van der Waals surface area contributed by atoms with Gasteiger partial charge in [0.15, 0.2) is 0 Å². The molecule has 0 unspecified atom stereocenters. The second-order valence-electron chi connectivity index (χ2n) is 6.38. The van der Waals surface area contributed by atoms with Crippen molar-refractivity contribution in [2.45, 2.75) is 20.0 Å². The summed E-state index contributed by atoms with van der Waals surface area (Å²) in [7, 11) is 3.45. The van der Waals surface area contributed by atoms with Crippen LogP contribution in [0.1, 0.15) is 13.8 Å². The minimum absolute atomic E-state index is 0.0691. The molecule has 2 heterocycles. The Morgan fingerprint density at radius 3 is 2.85 bits per heavy atom. The summed E-state index contributed by atoms with van der Waals surface area (Å²) in [6.45, 7) is 4.23. The van der Waals surface area contributed by atoms with Gasteiger partial charge in [-0.15, -0.1) is 0 Å². The molecular formula is C19H23N5O2. The van der Waals surface area contributed by atoms with Crippen molar-refractivity contribution in [3.63, 3.8) is 0 Å². The van der Waals surface area contributed by atoms with Crippen LogP contribution in [-0.4, -0.2) is 47.8 Å². The van der Waals surface area contributed by atoms with Gasteiger partial charge in [0.05, 0.1) is 18.2 Å². The Labute approximate surface area is 152 Å². The number of benzene rings is 1. The lowest BCUT2D eigenvalue weighted by Crippen LogP contribution is -2.33. The highest BCUT2D eigenvalue weighted by Crippen LogP contribution is 2.30. The molecule has 136 valence electrons. The van der Waals surface area contributed by atoms with Crippen LogP contribution in [0, 0.1) is 0 Å². The standard InChI is InChI=1S/C19H23N5O2/c1-12(2)26-14-5-6-16-15(10-14)19(23-22-16)13-7-8-21-17(9-13)24(4)11-18(25)20-3/h5-10,12H,11H2,1-4H3,(H,20,25)(H,22,23). The van der Waals surface area contributed by atoms with Crippen molar-refractivity contribution in [1.29, 1.82) is 0 Å². The van der Waals surface area contributed by atoms with E-state index in [1.807, 2.05) is 51.2 Å². The molecule has 0 radical (unpaired) electrons. The number of H-pyrrole nitrogens is 1. The van der Waals surface area contributed by atoms with Crippen LogP contribution in [0.3, 0.4) is 0 Å². The lowest BCUT2D eigenvalue weighted by Gasteiger charge is -2.17. The number of hydrogen-bond acceptors (Lipinski definition) is 5. The number of nitrogens with one attached hydrogen (secondary N) is 2. The van der Waals surface area contributed by atoms with Gasteiger partial charge in [-0.3, -0.25) is 9.89 Å². The van der Waals surface area contributed by atoms with Crippen LogP contribution in [-0.2, 0) is 4.79 Å². The Kier molecular flexibility index (Phi) is 5.06. The first-order valence-corrected chi connectivity index (χ1v) is 8.51. The number of hydrogen-bond donors (Lipinski definition) is 2. The first kappa shape index (κ1) is 17.7. The lowest BCUT2D eigenvalue weighted by molar-refractivity contribution is -0.119. The maximum absolute atomic E-state index is 11.6. The fourth-order valence-corrected chi connectivity index (χ4v) is 2.71. The highest BCUT2D eigenvalue weighted by molar-refractivity contribution is 5.94. The summed E-state index contributed by atoms with van der Waals surface area (Å²) in [5.41, 5.74) is 2.69. The Hall–Kier alpha value is -3.09. The average molecular weight is 353 g/mol. The molecule has 0 aliphatic rings. The van der Waals surface area contributed by atoms with Crippen molar-refractivity contribution in [1.82, 2.24) is 20.5 Å². The summed E-state index contributed by atoms with van der Waals surface area (Å²) in [6, 6.07) is 9.71. The fourth-order valence-electron chi connectivity index (χ4n) is 2.71. The first-order chi connectivity index (χ1) is 12.5. The van der Waals surface area contributed by atoms with Crippen LogP contribution >= 0.6 is 0 Å². The molecule has 0 saturated carbocycles. The number of nitrogens with zero attached hydrogens (tertiary/aromatic N) is 3. The van der Waals surface area contributed by atoms with Gasteiger partial charge in [0, 0.05) is 31.2 Å². The summed E-state index contributed by atoms with van der Waals surface area (Å²) in [5.74, 6) is 1.44. The molecule has 0 aliphatic heterocycles. The van der Waals surface area contributed by atoms with Gasteiger partial charge in [-0.2, -0.15) is 5.10 Å². The van der Waals surface area contributed by atoms with Gasteiger partial charge in [0.2, 0.25) is 5.91 Å². The molecule has 3 rings (SSSR count). The van der Waals surface area contributed by atoms with Gasteiger partial charge in [-0.05, 0) is 44.2 Å². The molecular weight excluding hydrogens is 330 g/mol. The van der Waals surface area contributed by atoms with E-state index >= 15 is 0 Å². The van der Waals surface area contributed by atoms with E-state index < -0.39 is 0 Å². The van der Waals surface area contributed by atoms with E-state index in [2.05, 4.69) is 20.5 Å². The number of carbonyl (C=O) groups excluding carboxylic acids is 1. The van der Waals surface area contributed by atoms with Crippen LogP contribution in [0.2, 0.25) is 0 Å². The molecule has 1 aromatic carbocycles. The zero-order chi connectivity index (χ0) is 18.7. The van der Waals surface area contributed by atoms with E-state index in [-0.39, 0.29) is 18.6 Å². The summed E-state index contributed by atoms with van der Waals surface area (Å²) < 4.78 is 5.79. The minimum Gasteiger partial charge on any atom is -0.491 e. The first-order valence-electron chi connectivity index (χ1n) is 8.51. The molecule has 1 amide bonds. The molecule has 0 spiro atoms. The third-order valence-electron chi connectivity index (χ3n) is 3.98. The van der Waals surface area contributed by atoms with Gasteiger partial charge in [-0.1, -0.05) is 0 Å². The predicted octanol–water partition coefficient (Wildman–Crippen LogP) is 2.59. The highest BCUT2D eigenvalue weighted by Gasteiger charge is 2.13. The zero-order valence-electron chi connectivity index (χ0n) is 15.4. The van der Waals surface area contributed by atoms with Crippen molar-refractivity contribution in [3.8, 4) is 17.0 Å². The van der Waals surface area contributed by atoms with E-state index in [1.54, 1.807) is 18.1 Å². The molecule has 0 aliphatic carbocycles. The van der Waals surface area contributed by atoms with E-state index in [1.165, 1.54) is 0 Å². The molecule has 26 heavy (non-hydrogen) atoms. The monoisotopic (exact) mass is 353 g/mol. The highest BCUT2D eigenvalue weighted by atomic mass is 16.5. The number of aromatic amines is 1. The molecule has 0 saturated heterocycles. The number of likely N-dealkylation sites (N-methyl/N-ethyl adjacent to an activating group) is 2. The topological polar surface area (TPSA) is 83.1 Å². The molecule has 2 N–H and O–H groups in total. The number of fused-ring (bicyclic) bond motifs is 1. The van der Waals surface area contributed by atoms with Crippen LogP contribution in [0.15, 0.2) is 36.5 Å². The minimum atomic E-state index is -0.0691. The van der Waals surface area contributed by atoms with E-state index in [0.29, 0.717) is 5.82 Å². The third kappa shape index (κ3) is 3.77. The third-order valence-corrected chi connectivity index (χ3v) is 3.98. The molecule has 7 nitrogen and oxygen atoms in total. The van der Waals surface area contributed by atoms with Crippen molar-refractivity contribution in [2.24, 2.45) is 0 Å². The van der Waals surface area contributed by atoms with Crippen molar-refractivity contribution in [3.05, 3.63) is 36.5 Å². The molecule has 7 heteroatoms. The average Bonchev–Trinajstić information content (AvgIpc) is 3.04. The largest absolute Gasteiger partial charge is 0.491 e. The van der Waals surface area contributed by atoms with Crippen molar-refractivity contribution >= 4 is 22.6 Å². The number of carbonyl (C=O) groups is 1. The van der Waals surface area contributed by atoms with Gasteiger partial charge in [0.25, 0.3) is 0 Å². The summed E-state index contributed by atoms with van der Waals surface area (Å²) >= 11 is 0. The SMILES string of the molecule is CNC(=O)CN(C)c1cc(-c2n[nH]c3ccc(OC(C)C)cc23)ccn1. The van der Waals surface area contributed by atoms with Crippen molar-refractivity contribution in [2.75, 3.05) is 25.5 Å². The Morgan fingerprint density at radius 1 is 1.31 bits per heavy atom. The number of anilines is 1. The number of rotatable bonds is 6. The number of aromatic nitrogens is 3. The molecule has 0 atom stereocenters. The summed E-state index contributed by atoms with van der Waals surface area (Å²) in [4.78, 5) is 17.8. The van der Waals surface area contributed by atoms with Crippen molar-refractivity contribution < 1.29 is 9.53 Å². The predicted molar refractivity (Wildman–Crippen MR) is 102 cm³/mol. The second-order valence-corrected chi connectivity index (χ2v) is 6.38. The molecule has 2 aromatic heterocycles. The Morgan fingerprint density at radius 2 is 2.12 bits per heavy atom. The smallest absolute Gasteiger partial charge is 0.239 e. The fraction of sp³-hybridized carbons (Fsp3) is 0.316. The maximum Gasteiger partial charge on any atom is 0.239 e. The van der Waals surface area contributed by atoms with Gasteiger partial charge in [-0.25, -0.2) is 4.98 Å². The quantitative estimate of drug-likeness (QED) is 0.712. The number of amides is 1. The molecule has 0 fully saturated rings. The zero-order valence-corrected chi connectivity index (χ0v) is 15.4. The normalized spacial score (nSPS) is 11.0. The van der Waals surface area contributed by atoms with Crippen LogP contribution < -0.4 is 15.0 Å². The molecule has 3 aromatic rings. The van der Waals surface area contributed by atoms with Gasteiger partial charge < -0.3 is 15.0 Å². The number of pyridine rings is 1. The Balaban J connectivity index is 1.96. The summed E-state index contributed by atoms with van der Waals surface area (Å²) in [6.07, 6.45) is 1.83. The van der Waals surface area contributed by atoms with Gasteiger partial charge in [0.1, 0.15) is 17.3 Å². The Bertz CT molecular complexity index is 919. The van der Waals surface area contributed by atoms with E-state index in [0.717, 1.165) is 27.9 Å². The maximum atomic E-state index is 11.6. The molecule has 0 bridgehead atoms.